The zero-order valence-electron chi connectivity index (χ0n) is 10.8. The van der Waals surface area contributed by atoms with Crippen LogP contribution >= 0.6 is 11.6 Å². The number of alkyl halides is 1. The van der Waals surface area contributed by atoms with Crippen molar-refractivity contribution in [1.82, 2.24) is 10.1 Å². The second-order valence-corrected chi connectivity index (χ2v) is 4.79. The van der Waals surface area contributed by atoms with Crippen molar-refractivity contribution >= 4 is 23.4 Å². The minimum absolute atomic E-state index is 0.0841. The lowest BCUT2D eigenvalue weighted by atomic mass is 10.3. The van der Waals surface area contributed by atoms with Crippen LogP contribution in [0.2, 0.25) is 0 Å². The summed E-state index contributed by atoms with van der Waals surface area (Å²) >= 11 is 6.23. The quantitative estimate of drug-likeness (QED) is 0.626. The van der Waals surface area contributed by atoms with Crippen LogP contribution in [0.5, 0.6) is 0 Å². The van der Waals surface area contributed by atoms with Crippen LogP contribution in [-0.2, 0) is 4.74 Å². The zero-order chi connectivity index (χ0) is 13.4. The second-order valence-electron chi connectivity index (χ2n) is 4.34. The molecule has 7 heteroatoms. The molecule has 6 nitrogen and oxygen atoms in total. The topological polar surface area (TPSA) is 58.8 Å². The summed E-state index contributed by atoms with van der Waals surface area (Å²) in [6, 6.07) is 1.40. The number of carbonyl (C=O) groups excluding carboxylic acids is 1. The Balaban J connectivity index is 2.27. The number of methoxy groups -OCH3 is 1. The van der Waals surface area contributed by atoms with E-state index in [1.54, 1.807) is 25.1 Å². The van der Waals surface area contributed by atoms with Crippen LogP contribution in [0.15, 0.2) is 10.6 Å². The van der Waals surface area contributed by atoms with Gasteiger partial charge in [-0.3, -0.25) is 4.90 Å². The molecule has 0 N–H and O–H groups in total. The number of aromatic nitrogens is 1. The maximum atomic E-state index is 12.0. The lowest BCUT2D eigenvalue weighted by Crippen LogP contribution is -2.32. The zero-order valence-corrected chi connectivity index (χ0v) is 11.5. The summed E-state index contributed by atoms with van der Waals surface area (Å²) in [5.41, 5.74) is -0.460. The van der Waals surface area contributed by atoms with Gasteiger partial charge >= 0.3 is 6.03 Å². The number of anilines is 1. The number of carbonyl (C=O) groups is 1. The fourth-order valence-electron chi connectivity index (χ4n) is 1.77. The molecule has 100 valence electrons. The van der Waals surface area contributed by atoms with Crippen LogP contribution in [0.25, 0.3) is 0 Å². The molecule has 1 saturated heterocycles. The Morgan fingerprint density at radius 1 is 1.61 bits per heavy atom. The highest BCUT2D eigenvalue weighted by Gasteiger charge is 2.42. The van der Waals surface area contributed by atoms with Crippen molar-refractivity contribution in [3.63, 3.8) is 0 Å². The molecule has 0 aromatic carbocycles. The Bertz CT molecular complexity index is 450. The van der Waals surface area contributed by atoms with E-state index in [2.05, 4.69) is 5.16 Å². The molecule has 3 unspecified atom stereocenters. The molecule has 0 bridgehead atoms. The molecule has 1 fully saturated rings. The lowest BCUT2D eigenvalue weighted by molar-refractivity contribution is 0.0932. The molecular weight excluding hydrogens is 258 g/mol. The summed E-state index contributed by atoms with van der Waals surface area (Å²) in [7, 11) is 3.29. The molecular formula is C11H16ClN3O3. The third kappa shape index (κ3) is 1.95. The molecule has 0 radical (unpaired) electrons. The summed E-state index contributed by atoms with van der Waals surface area (Å²) < 4.78 is 10.3. The van der Waals surface area contributed by atoms with Crippen LogP contribution < -0.4 is 4.90 Å². The van der Waals surface area contributed by atoms with E-state index in [1.807, 2.05) is 13.8 Å². The largest absolute Gasteiger partial charge is 0.374 e. The molecule has 2 amide bonds. The first-order valence-corrected chi connectivity index (χ1v) is 6.10. The SMILES string of the molecule is COC(C)c1cc(N2C(=O)N(C)C(C)C2Cl)no1. The summed E-state index contributed by atoms with van der Waals surface area (Å²) in [5.74, 6) is 0.974. The number of rotatable bonds is 3. The van der Waals surface area contributed by atoms with Crippen LogP contribution in [-0.4, -0.2) is 41.8 Å². The third-order valence-corrected chi connectivity index (χ3v) is 3.84. The average molecular weight is 274 g/mol. The molecule has 1 aromatic rings. The number of hydrogen-bond acceptors (Lipinski definition) is 4. The molecule has 1 aromatic heterocycles. The standard InChI is InChI=1S/C11H16ClN3O3/c1-6-10(12)15(11(16)14(6)3)9-5-8(18-13-9)7(2)17-4/h5-7,10H,1-4H3. The summed E-state index contributed by atoms with van der Waals surface area (Å²) in [6.07, 6.45) is -0.215. The van der Waals surface area contributed by atoms with Crippen LogP contribution in [0.4, 0.5) is 10.6 Å². The summed E-state index contributed by atoms with van der Waals surface area (Å²) in [6.45, 7) is 3.72. The monoisotopic (exact) mass is 273 g/mol. The molecule has 0 saturated carbocycles. The van der Waals surface area contributed by atoms with E-state index in [1.165, 1.54) is 4.90 Å². The predicted octanol–water partition coefficient (Wildman–Crippen LogP) is 2.21. The van der Waals surface area contributed by atoms with Crippen LogP contribution in [0.1, 0.15) is 25.7 Å². The number of urea groups is 1. The first-order chi connectivity index (χ1) is 8.47. The third-order valence-electron chi connectivity index (χ3n) is 3.28. The summed E-state index contributed by atoms with van der Waals surface area (Å²) in [4.78, 5) is 15.0. The van der Waals surface area contributed by atoms with E-state index < -0.39 is 5.50 Å². The van der Waals surface area contributed by atoms with Crippen molar-refractivity contribution in [2.45, 2.75) is 31.5 Å². The van der Waals surface area contributed by atoms with Gasteiger partial charge in [-0.15, -0.1) is 0 Å². The molecule has 2 rings (SSSR count). The van der Waals surface area contributed by atoms with Crippen LogP contribution in [0.3, 0.4) is 0 Å². The van der Waals surface area contributed by atoms with Gasteiger partial charge in [0, 0.05) is 20.2 Å². The highest BCUT2D eigenvalue weighted by Crippen LogP contribution is 2.31. The predicted molar refractivity (Wildman–Crippen MR) is 66.7 cm³/mol. The van der Waals surface area contributed by atoms with E-state index in [4.69, 9.17) is 20.9 Å². The fraction of sp³-hybridized carbons (Fsp3) is 0.636. The van der Waals surface area contributed by atoms with Gasteiger partial charge in [-0.25, -0.2) is 4.79 Å². The molecule has 18 heavy (non-hydrogen) atoms. The Morgan fingerprint density at radius 2 is 2.28 bits per heavy atom. The smallest absolute Gasteiger partial charge is 0.327 e. The lowest BCUT2D eigenvalue weighted by Gasteiger charge is -2.15. The van der Waals surface area contributed by atoms with E-state index in [-0.39, 0.29) is 18.2 Å². The van der Waals surface area contributed by atoms with Crippen molar-refractivity contribution < 1.29 is 14.1 Å². The van der Waals surface area contributed by atoms with Gasteiger partial charge in [0.05, 0.1) is 6.04 Å². The number of nitrogens with zero attached hydrogens (tertiary/aromatic N) is 3. The molecule has 2 heterocycles. The number of ether oxygens (including phenoxy) is 1. The Labute approximate surface area is 110 Å². The molecule has 0 aliphatic carbocycles. The molecule has 3 atom stereocenters. The van der Waals surface area contributed by atoms with Gasteiger partial charge in [0.15, 0.2) is 11.6 Å². The fourth-order valence-corrected chi connectivity index (χ4v) is 2.13. The Morgan fingerprint density at radius 3 is 2.78 bits per heavy atom. The van der Waals surface area contributed by atoms with E-state index in [9.17, 15) is 4.79 Å². The van der Waals surface area contributed by atoms with Gasteiger partial charge in [0.1, 0.15) is 11.6 Å². The average Bonchev–Trinajstić information content (AvgIpc) is 2.90. The first kappa shape index (κ1) is 13.2. The van der Waals surface area contributed by atoms with Crippen molar-refractivity contribution in [3.8, 4) is 0 Å². The van der Waals surface area contributed by atoms with Crippen molar-refractivity contribution in [2.75, 3.05) is 19.1 Å². The van der Waals surface area contributed by atoms with Gasteiger partial charge in [-0.1, -0.05) is 16.8 Å². The number of halogens is 1. The van der Waals surface area contributed by atoms with Gasteiger partial charge in [-0.05, 0) is 13.8 Å². The van der Waals surface area contributed by atoms with E-state index in [0.717, 1.165) is 0 Å². The van der Waals surface area contributed by atoms with Gasteiger partial charge in [-0.2, -0.15) is 0 Å². The minimum atomic E-state index is -0.460. The van der Waals surface area contributed by atoms with Crippen molar-refractivity contribution in [2.24, 2.45) is 0 Å². The maximum Gasteiger partial charge on any atom is 0.327 e. The molecule has 1 aliphatic rings. The number of hydrogen-bond donors (Lipinski definition) is 0. The number of likely N-dealkylation sites (N-methyl/N-ethyl adjacent to an activating group) is 1. The van der Waals surface area contributed by atoms with Crippen molar-refractivity contribution in [3.05, 3.63) is 11.8 Å². The maximum absolute atomic E-state index is 12.0. The normalized spacial score (nSPS) is 25.9. The number of amides is 2. The van der Waals surface area contributed by atoms with Gasteiger partial charge < -0.3 is 14.2 Å². The molecule has 0 spiro atoms. The highest BCUT2D eigenvalue weighted by molar-refractivity contribution is 6.26. The minimum Gasteiger partial charge on any atom is -0.374 e. The van der Waals surface area contributed by atoms with Crippen LogP contribution in [0, 0.1) is 0 Å². The van der Waals surface area contributed by atoms with E-state index >= 15 is 0 Å². The highest BCUT2D eigenvalue weighted by atomic mass is 35.5. The van der Waals surface area contributed by atoms with Crippen molar-refractivity contribution in [1.29, 1.82) is 0 Å². The summed E-state index contributed by atoms with van der Waals surface area (Å²) in [5, 5.41) is 3.88. The molecule has 1 aliphatic heterocycles. The second kappa shape index (κ2) is 4.78. The van der Waals surface area contributed by atoms with E-state index in [0.29, 0.717) is 11.6 Å². The van der Waals surface area contributed by atoms with Gasteiger partial charge in [0.25, 0.3) is 0 Å². The van der Waals surface area contributed by atoms with Gasteiger partial charge in [0.2, 0.25) is 0 Å². The first-order valence-electron chi connectivity index (χ1n) is 5.67. The Hall–Kier alpha value is -1.27. The Kier molecular flexibility index (Phi) is 3.49.